The van der Waals surface area contributed by atoms with Crippen LogP contribution in [0.4, 0.5) is 0 Å². The Morgan fingerprint density at radius 2 is 1.63 bits per heavy atom. The lowest BCUT2D eigenvalue weighted by atomic mass is 10.3. The van der Waals surface area contributed by atoms with Gasteiger partial charge in [-0.15, -0.1) is 0 Å². The number of ether oxygens (including phenoxy) is 2. The number of hydrogen-bond donors (Lipinski definition) is 1. The van der Waals surface area contributed by atoms with Crippen molar-refractivity contribution < 1.29 is 9.47 Å². The third-order valence-electron chi connectivity index (χ3n) is 3.38. The van der Waals surface area contributed by atoms with E-state index in [1.807, 2.05) is 13.8 Å². The Morgan fingerprint density at radius 1 is 1.11 bits per heavy atom. The van der Waals surface area contributed by atoms with Gasteiger partial charge in [-0.3, -0.25) is 0 Å². The van der Waals surface area contributed by atoms with Gasteiger partial charge in [-0.25, -0.2) is 4.99 Å². The Morgan fingerprint density at radius 3 is 2.11 bits per heavy atom. The van der Waals surface area contributed by atoms with Crippen molar-refractivity contribution in [2.45, 2.75) is 45.6 Å². The van der Waals surface area contributed by atoms with Gasteiger partial charge in [0, 0.05) is 26.3 Å². The van der Waals surface area contributed by atoms with Gasteiger partial charge in [0.2, 0.25) is 0 Å². The number of rotatable bonds is 9. The first-order chi connectivity index (χ1) is 9.27. The van der Waals surface area contributed by atoms with Crippen LogP contribution in [0.2, 0.25) is 0 Å². The van der Waals surface area contributed by atoms with E-state index in [2.05, 4.69) is 9.89 Å². The third kappa shape index (κ3) is 6.78. The second kappa shape index (κ2) is 10.0. The summed E-state index contributed by atoms with van der Waals surface area (Å²) in [4.78, 5) is 6.72. The van der Waals surface area contributed by atoms with Gasteiger partial charge >= 0.3 is 0 Å². The zero-order valence-corrected chi connectivity index (χ0v) is 12.4. The van der Waals surface area contributed by atoms with Crippen molar-refractivity contribution in [1.82, 2.24) is 4.90 Å². The summed E-state index contributed by atoms with van der Waals surface area (Å²) in [7, 11) is 0. The summed E-state index contributed by atoms with van der Waals surface area (Å²) in [6.45, 7) is 8.40. The third-order valence-corrected chi connectivity index (χ3v) is 3.38. The molecule has 5 heteroatoms. The van der Waals surface area contributed by atoms with Gasteiger partial charge in [-0.1, -0.05) is 12.8 Å². The standard InChI is InChI=1S/C14H29N3O2/c1-3-18-11-9-17(10-12-19-4-2)14(15)16-13-7-5-6-8-13/h13H,3-12H2,1-2H3,(H2,15,16). The molecule has 0 amide bonds. The molecule has 0 aromatic carbocycles. The second-order valence-electron chi connectivity index (χ2n) is 4.81. The highest BCUT2D eigenvalue weighted by Gasteiger charge is 2.16. The molecule has 0 spiro atoms. The molecule has 19 heavy (non-hydrogen) atoms. The first-order valence-electron chi connectivity index (χ1n) is 7.51. The number of nitrogens with zero attached hydrogens (tertiary/aromatic N) is 2. The first-order valence-corrected chi connectivity index (χ1v) is 7.51. The summed E-state index contributed by atoms with van der Waals surface area (Å²) in [5, 5.41) is 0. The summed E-state index contributed by atoms with van der Waals surface area (Å²) < 4.78 is 10.8. The van der Waals surface area contributed by atoms with Crippen LogP contribution in [0.5, 0.6) is 0 Å². The van der Waals surface area contributed by atoms with E-state index in [-0.39, 0.29) is 0 Å². The Hall–Kier alpha value is -0.810. The zero-order valence-electron chi connectivity index (χ0n) is 12.4. The molecule has 0 heterocycles. The fourth-order valence-corrected chi connectivity index (χ4v) is 2.28. The molecule has 0 aromatic heterocycles. The van der Waals surface area contributed by atoms with Crippen LogP contribution in [0.25, 0.3) is 0 Å². The van der Waals surface area contributed by atoms with E-state index in [0.29, 0.717) is 25.2 Å². The molecule has 0 bridgehead atoms. The Kier molecular flexibility index (Phi) is 8.58. The molecule has 0 atom stereocenters. The Balaban J connectivity index is 2.43. The molecule has 1 aliphatic rings. The van der Waals surface area contributed by atoms with E-state index < -0.39 is 0 Å². The van der Waals surface area contributed by atoms with Crippen molar-refractivity contribution in [3.8, 4) is 0 Å². The fraction of sp³-hybridized carbons (Fsp3) is 0.929. The molecule has 1 fully saturated rings. The number of hydrogen-bond acceptors (Lipinski definition) is 3. The van der Waals surface area contributed by atoms with Crippen LogP contribution >= 0.6 is 0 Å². The molecule has 0 aromatic rings. The van der Waals surface area contributed by atoms with Crippen LogP contribution in [-0.4, -0.2) is 56.4 Å². The van der Waals surface area contributed by atoms with Crippen LogP contribution in [0.1, 0.15) is 39.5 Å². The zero-order chi connectivity index (χ0) is 13.9. The molecule has 1 aliphatic carbocycles. The molecule has 1 rings (SSSR count). The monoisotopic (exact) mass is 271 g/mol. The molecule has 0 saturated heterocycles. The summed E-state index contributed by atoms with van der Waals surface area (Å²) in [5.74, 6) is 0.645. The molecule has 0 radical (unpaired) electrons. The molecular formula is C14H29N3O2. The van der Waals surface area contributed by atoms with Crippen LogP contribution in [0, 0.1) is 0 Å². The summed E-state index contributed by atoms with van der Waals surface area (Å²) in [6.07, 6.45) is 4.90. The normalized spacial score (nSPS) is 17.1. The largest absolute Gasteiger partial charge is 0.380 e. The number of guanidine groups is 1. The highest BCUT2D eigenvalue weighted by molar-refractivity contribution is 5.78. The number of aliphatic imine (C=N–C) groups is 1. The van der Waals surface area contributed by atoms with Gasteiger partial charge in [0.25, 0.3) is 0 Å². The van der Waals surface area contributed by atoms with E-state index in [1.54, 1.807) is 0 Å². The van der Waals surface area contributed by atoms with Crippen LogP contribution in [-0.2, 0) is 9.47 Å². The molecule has 1 saturated carbocycles. The summed E-state index contributed by atoms with van der Waals surface area (Å²) >= 11 is 0. The maximum atomic E-state index is 6.13. The van der Waals surface area contributed by atoms with Gasteiger partial charge in [0.15, 0.2) is 5.96 Å². The quantitative estimate of drug-likeness (QED) is 0.393. The van der Waals surface area contributed by atoms with Crippen molar-refractivity contribution in [3.63, 3.8) is 0 Å². The van der Waals surface area contributed by atoms with Crippen molar-refractivity contribution in [2.75, 3.05) is 39.5 Å². The van der Waals surface area contributed by atoms with Gasteiger partial charge < -0.3 is 20.1 Å². The lowest BCUT2D eigenvalue weighted by molar-refractivity contribution is 0.106. The average Bonchev–Trinajstić information content (AvgIpc) is 2.90. The maximum absolute atomic E-state index is 6.13. The van der Waals surface area contributed by atoms with Crippen LogP contribution < -0.4 is 5.73 Å². The van der Waals surface area contributed by atoms with Crippen molar-refractivity contribution in [1.29, 1.82) is 0 Å². The van der Waals surface area contributed by atoms with Crippen molar-refractivity contribution in [3.05, 3.63) is 0 Å². The highest BCUT2D eigenvalue weighted by Crippen LogP contribution is 2.20. The van der Waals surface area contributed by atoms with Crippen molar-refractivity contribution >= 4 is 5.96 Å². The molecule has 0 unspecified atom stereocenters. The predicted octanol–water partition coefficient (Wildman–Crippen LogP) is 1.62. The molecular weight excluding hydrogens is 242 g/mol. The first kappa shape index (κ1) is 16.2. The Bertz CT molecular complexity index is 243. The smallest absolute Gasteiger partial charge is 0.191 e. The maximum Gasteiger partial charge on any atom is 0.191 e. The minimum Gasteiger partial charge on any atom is -0.380 e. The number of nitrogens with two attached hydrogens (primary N) is 1. The second-order valence-corrected chi connectivity index (χ2v) is 4.81. The van der Waals surface area contributed by atoms with Gasteiger partial charge in [0.05, 0.1) is 19.3 Å². The topological polar surface area (TPSA) is 60.1 Å². The van der Waals surface area contributed by atoms with E-state index in [0.717, 1.165) is 26.3 Å². The van der Waals surface area contributed by atoms with Crippen LogP contribution in [0.15, 0.2) is 4.99 Å². The van der Waals surface area contributed by atoms with E-state index in [9.17, 15) is 0 Å². The van der Waals surface area contributed by atoms with E-state index in [1.165, 1.54) is 25.7 Å². The van der Waals surface area contributed by atoms with Gasteiger partial charge in [-0.2, -0.15) is 0 Å². The SMILES string of the molecule is CCOCCN(CCOCC)C(N)=NC1CCCC1. The minimum absolute atomic E-state index is 0.418. The average molecular weight is 271 g/mol. The highest BCUT2D eigenvalue weighted by atomic mass is 16.5. The molecule has 112 valence electrons. The predicted molar refractivity (Wildman–Crippen MR) is 78.4 cm³/mol. The lowest BCUT2D eigenvalue weighted by Crippen LogP contribution is -2.42. The Labute approximate surface area is 117 Å². The van der Waals surface area contributed by atoms with Crippen LogP contribution in [0.3, 0.4) is 0 Å². The molecule has 5 nitrogen and oxygen atoms in total. The minimum atomic E-state index is 0.418. The van der Waals surface area contributed by atoms with E-state index in [4.69, 9.17) is 15.2 Å². The lowest BCUT2D eigenvalue weighted by Gasteiger charge is -2.24. The summed E-state index contributed by atoms with van der Waals surface area (Å²) in [6, 6.07) is 0.418. The van der Waals surface area contributed by atoms with E-state index >= 15 is 0 Å². The van der Waals surface area contributed by atoms with Gasteiger partial charge in [-0.05, 0) is 26.7 Å². The fourth-order valence-electron chi connectivity index (χ4n) is 2.28. The molecule has 2 N–H and O–H groups in total. The van der Waals surface area contributed by atoms with Gasteiger partial charge in [0.1, 0.15) is 0 Å². The molecule has 0 aliphatic heterocycles. The summed E-state index contributed by atoms with van der Waals surface area (Å²) in [5.41, 5.74) is 6.13. The van der Waals surface area contributed by atoms with Crippen molar-refractivity contribution in [2.24, 2.45) is 10.7 Å².